The molecule has 0 fully saturated rings. The Morgan fingerprint density at radius 1 is 0.472 bits per heavy atom. The average Bonchev–Trinajstić information content (AvgIpc) is 2.90. The zero-order valence-corrected chi connectivity index (χ0v) is 19.9. The maximum Gasteiger partial charge on any atom is 0.162 e. The number of carbonyl (C=O) groups is 2. The summed E-state index contributed by atoms with van der Waals surface area (Å²) < 4.78 is 11.5. The minimum Gasteiger partial charge on any atom is -0.457 e. The number of hydrogen-bond donors (Lipinski definition) is 2. The first-order chi connectivity index (χ1) is 17.5. The van der Waals surface area contributed by atoms with E-state index in [1.54, 1.807) is 97.1 Å². The minimum absolute atomic E-state index is 0.0469. The van der Waals surface area contributed by atoms with Crippen LogP contribution in [0.5, 0.6) is 23.0 Å². The molecule has 0 amide bonds. The van der Waals surface area contributed by atoms with E-state index in [0.29, 0.717) is 71.2 Å². The molecule has 0 heterocycles. The van der Waals surface area contributed by atoms with Gasteiger partial charge in [-0.25, -0.2) is 0 Å². The summed E-state index contributed by atoms with van der Waals surface area (Å²) in [6.07, 6.45) is 2.07. The zero-order valence-electron chi connectivity index (χ0n) is 19.9. The van der Waals surface area contributed by atoms with Gasteiger partial charge in [-0.1, -0.05) is 0 Å². The van der Waals surface area contributed by atoms with Gasteiger partial charge in [-0.05, 0) is 110 Å². The molecule has 0 atom stereocenters. The van der Waals surface area contributed by atoms with Gasteiger partial charge < -0.3 is 20.9 Å². The number of nitrogen functional groups attached to an aromatic ring is 2. The molecule has 0 unspecified atom stereocenters. The fourth-order valence-corrected chi connectivity index (χ4v) is 3.62. The van der Waals surface area contributed by atoms with Gasteiger partial charge in [0.05, 0.1) is 0 Å². The molecule has 0 bridgehead atoms. The van der Waals surface area contributed by atoms with Crippen LogP contribution in [0.1, 0.15) is 46.4 Å². The topological polar surface area (TPSA) is 105 Å². The van der Waals surface area contributed by atoms with Gasteiger partial charge >= 0.3 is 0 Å². The van der Waals surface area contributed by atoms with Gasteiger partial charge in [0.25, 0.3) is 0 Å². The van der Waals surface area contributed by atoms with Gasteiger partial charge in [0.15, 0.2) is 11.6 Å². The van der Waals surface area contributed by atoms with E-state index in [1.165, 1.54) is 0 Å². The molecule has 0 radical (unpaired) electrons. The molecule has 0 saturated carbocycles. The van der Waals surface area contributed by atoms with Crippen molar-refractivity contribution in [3.05, 3.63) is 108 Å². The standard InChI is InChI=1S/C30H28N2O4/c31-23-9-17-27(18-10-23)35-25-13-5-21(6-14-25)29(33)3-1-2-4-30(34)22-7-15-26(16-8-22)36-28-19-11-24(32)12-20-28/h5-20H,1-4,31-32H2. The number of rotatable bonds is 11. The Morgan fingerprint density at radius 3 is 1.06 bits per heavy atom. The second-order valence-corrected chi connectivity index (χ2v) is 8.44. The number of nitrogens with two attached hydrogens (primary N) is 2. The highest BCUT2D eigenvalue weighted by Gasteiger charge is 2.10. The third-order valence-electron chi connectivity index (χ3n) is 5.64. The number of anilines is 2. The van der Waals surface area contributed by atoms with Crippen molar-refractivity contribution in [2.75, 3.05) is 11.5 Å². The Balaban J connectivity index is 1.19. The Kier molecular flexibility index (Phi) is 7.98. The summed E-state index contributed by atoms with van der Waals surface area (Å²) in [5.74, 6) is 2.74. The Hall–Kier alpha value is -4.58. The van der Waals surface area contributed by atoms with E-state index in [1.807, 2.05) is 0 Å². The average molecular weight is 481 g/mol. The highest BCUT2D eigenvalue weighted by Crippen LogP contribution is 2.24. The molecule has 0 aliphatic carbocycles. The van der Waals surface area contributed by atoms with Crippen LogP contribution in [0.4, 0.5) is 11.4 Å². The lowest BCUT2D eigenvalue weighted by molar-refractivity contribution is 0.0954. The molecule has 0 aliphatic heterocycles. The third-order valence-corrected chi connectivity index (χ3v) is 5.64. The van der Waals surface area contributed by atoms with Crippen molar-refractivity contribution in [3.63, 3.8) is 0 Å². The van der Waals surface area contributed by atoms with Gasteiger partial charge in [-0.15, -0.1) is 0 Å². The van der Waals surface area contributed by atoms with Gasteiger partial charge in [0.1, 0.15) is 23.0 Å². The van der Waals surface area contributed by atoms with Gasteiger partial charge in [0, 0.05) is 35.3 Å². The van der Waals surface area contributed by atoms with Crippen LogP contribution in [0.25, 0.3) is 0 Å². The number of ether oxygens (including phenoxy) is 2. The van der Waals surface area contributed by atoms with E-state index in [0.717, 1.165) is 0 Å². The summed E-state index contributed by atoms with van der Waals surface area (Å²) in [6, 6.07) is 28.4. The second kappa shape index (κ2) is 11.7. The van der Waals surface area contributed by atoms with E-state index in [4.69, 9.17) is 20.9 Å². The maximum absolute atomic E-state index is 12.5. The first-order valence-corrected chi connectivity index (χ1v) is 11.8. The van der Waals surface area contributed by atoms with Crippen LogP contribution >= 0.6 is 0 Å². The van der Waals surface area contributed by atoms with E-state index >= 15 is 0 Å². The molecule has 182 valence electrons. The summed E-state index contributed by atoms with van der Waals surface area (Å²) in [5, 5.41) is 0. The molecule has 0 aromatic heterocycles. The van der Waals surface area contributed by atoms with Crippen molar-refractivity contribution in [2.45, 2.75) is 25.7 Å². The Morgan fingerprint density at radius 2 is 0.750 bits per heavy atom. The van der Waals surface area contributed by atoms with E-state index in [2.05, 4.69) is 0 Å². The lowest BCUT2D eigenvalue weighted by atomic mass is 10.0. The van der Waals surface area contributed by atoms with Crippen LogP contribution in [0.2, 0.25) is 0 Å². The number of Topliss-reactive ketones (excluding diaryl/α,β-unsaturated/α-hetero) is 2. The van der Waals surface area contributed by atoms with Crippen LogP contribution in [-0.4, -0.2) is 11.6 Å². The van der Waals surface area contributed by atoms with Crippen LogP contribution in [0.3, 0.4) is 0 Å². The summed E-state index contributed by atoms with van der Waals surface area (Å²) in [6.45, 7) is 0. The molecule has 0 saturated heterocycles. The summed E-state index contributed by atoms with van der Waals surface area (Å²) in [5.41, 5.74) is 14.0. The molecule has 4 aromatic rings. The minimum atomic E-state index is 0.0469. The molecule has 0 aliphatic rings. The maximum atomic E-state index is 12.5. The summed E-state index contributed by atoms with van der Waals surface area (Å²) in [7, 11) is 0. The molecule has 4 aromatic carbocycles. The van der Waals surface area contributed by atoms with Gasteiger partial charge in [0.2, 0.25) is 0 Å². The number of ketones is 2. The molecule has 6 nitrogen and oxygen atoms in total. The zero-order chi connectivity index (χ0) is 25.3. The van der Waals surface area contributed by atoms with Crippen LogP contribution in [0, 0.1) is 0 Å². The molecule has 0 spiro atoms. The second-order valence-electron chi connectivity index (χ2n) is 8.44. The first-order valence-electron chi connectivity index (χ1n) is 11.8. The number of benzene rings is 4. The van der Waals surface area contributed by atoms with Crippen LogP contribution < -0.4 is 20.9 Å². The van der Waals surface area contributed by atoms with Crippen LogP contribution in [0.15, 0.2) is 97.1 Å². The third kappa shape index (κ3) is 6.96. The highest BCUT2D eigenvalue weighted by atomic mass is 16.5. The quantitative estimate of drug-likeness (QED) is 0.135. The highest BCUT2D eigenvalue weighted by molar-refractivity contribution is 5.97. The predicted molar refractivity (Wildman–Crippen MR) is 142 cm³/mol. The van der Waals surface area contributed by atoms with Crippen molar-refractivity contribution in [2.24, 2.45) is 0 Å². The lowest BCUT2D eigenvalue weighted by Crippen LogP contribution is -2.02. The smallest absolute Gasteiger partial charge is 0.162 e. The molecule has 6 heteroatoms. The van der Waals surface area contributed by atoms with Gasteiger partial charge in [-0.2, -0.15) is 0 Å². The monoisotopic (exact) mass is 480 g/mol. The normalized spacial score (nSPS) is 10.6. The number of unbranched alkanes of at least 4 members (excludes halogenated alkanes) is 1. The lowest BCUT2D eigenvalue weighted by Gasteiger charge is -2.08. The van der Waals surface area contributed by atoms with Crippen molar-refractivity contribution in [1.82, 2.24) is 0 Å². The SMILES string of the molecule is Nc1ccc(Oc2ccc(C(=O)CCCCC(=O)c3ccc(Oc4ccc(N)cc4)cc3)cc2)cc1. The largest absolute Gasteiger partial charge is 0.457 e. The van der Waals surface area contributed by atoms with Crippen molar-refractivity contribution in [1.29, 1.82) is 0 Å². The van der Waals surface area contributed by atoms with Crippen molar-refractivity contribution >= 4 is 22.9 Å². The Bertz CT molecular complexity index is 1190. The van der Waals surface area contributed by atoms with Crippen LogP contribution in [-0.2, 0) is 0 Å². The first kappa shape index (κ1) is 24.5. The summed E-state index contributed by atoms with van der Waals surface area (Å²) in [4.78, 5) is 25.0. The van der Waals surface area contributed by atoms with E-state index < -0.39 is 0 Å². The van der Waals surface area contributed by atoms with E-state index in [9.17, 15) is 9.59 Å². The fourth-order valence-electron chi connectivity index (χ4n) is 3.62. The number of hydrogen-bond acceptors (Lipinski definition) is 6. The molecule has 36 heavy (non-hydrogen) atoms. The Labute approximate surface area is 210 Å². The van der Waals surface area contributed by atoms with Crippen molar-refractivity contribution < 1.29 is 19.1 Å². The number of carbonyl (C=O) groups excluding carboxylic acids is 2. The predicted octanol–water partition coefficient (Wildman–Crippen LogP) is 7.06. The summed E-state index contributed by atoms with van der Waals surface area (Å²) >= 11 is 0. The van der Waals surface area contributed by atoms with Crippen molar-refractivity contribution in [3.8, 4) is 23.0 Å². The molecule has 4 rings (SSSR count). The molecule has 4 N–H and O–H groups in total. The molecular weight excluding hydrogens is 452 g/mol. The van der Waals surface area contributed by atoms with Gasteiger partial charge in [-0.3, -0.25) is 9.59 Å². The fraction of sp³-hybridized carbons (Fsp3) is 0.133. The van der Waals surface area contributed by atoms with E-state index in [-0.39, 0.29) is 11.6 Å². The molecular formula is C30H28N2O4.